The Labute approximate surface area is 181 Å². The van der Waals surface area contributed by atoms with Crippen molar-refractivity contribution in [2.45, 2.75) is 32.4 Å². The number of aryl methyl sites for hydroxylation is 1. The summed E-state index contributed by atoms with van der Waals surface area (Å²) in [5, 5.41) is 19.5. The van der Waals surface area contributed by atoms with Crippen LogP contribution in [0, 0.1) is 12.3 Å². The van der Waals surface area contributed by atoms with Crippen molar-refractivity contribution < 1.29 is 27.9 Å². The Kier molecular flexibility index (Phi) is 6.83. The number of carboxylic acids is 1. The van der Waals surface area contributed by atoms with Crippen LogP contribution in [-0.4, -0.2) is 64.4 Å². The zero-order chi connectivity index (χ0) is 22.6. The first-order chi connectivity index (χ1) is 14.6. The number of carbonyl (C=O) groups excluding carboxylic acids is 1. The summed E-state index contributed by atoms with van der Waals surface area (Å²) in [6, 6.07) is 6.00. The van der Waals surface area contributed by atoms with Crippen molar-refractivity contribution in [2.75, 3.05) is 31.1 Å². The van der Waals surface area contributed by atoms with Crippen molar-refractivity contribution in [3.8, 4) is 0 Å². The lowest BCUT2D eigenvalue weighted by molar-refractivity contribution is -0.192. The van der Waals surface area contributed by atoms with Gasteiger partial charge in [0.05, 0.1) is 11.3 Å². The summed E-state index contributed by atoms with van der Waals surface area (Å²) in [5.74, 6) is -1.59. The molecule has 0 saturated carbocycles. The van der Waals surface area contributed by atoms with E-state index in [0.717, 1.165) is 62.5 Å². The van der Waals surface area contributed by atoms with Crippen LogP contribution in [0.1, 0.15) is 35.3 Å². The Balaban J connectivity index is 0.000000339. The van der Waals surface area contributed by atoms with E-state index in [1.165, 1.54) is 0 Å². The Hall–Kier alpha value is -2.69. The van der Waals surface area contributed by atoms with Crippen LogP contribution < -0.4 is 4.90 Å². The van der Waals surface area contributed by atoms with Crippen molar-refractivity contribution in [1.29, 1.82) is 0 Å². The molecular formula is C20H23F3N4O3S. The zero-order valence-electron chi connectivity index (χ0n) is 16.9. The average Bonchev–Trinajstić information content (AvgIpc) is 3.40. The fourth-order valence-corrected chi connectivity index (χ4v) is 4.49. The number of amides is 1. The number of thiophene rings is 1. The molecule has 0 unspecified atom stereocenters. The number of rotatable bonds is 2. The van der Waals surface area contributed by atoms with Crippen LogP contribution in [-0.2, 0) is 4.79 Å². The van der Waals surface area contributed by atoms with Gasteiger partial charge < -0.3 is 14.9 Å². The monoisotopic (exact) mass is 456 g/mol. The van der Waals surface area contributed by atoms with Gasteiger partial charge in [0.25, 0.3) is 5.91 Å². The van der Waals surface area contributed by atoms with Crippen molar-refractivity contribution >= 4 is 29.0 Å². The number of hydrogen-bond donors (Lipinski definition) is 1. The van der Waals surface area contributed by atoms with Gasteiger partial charge in [0.1, 0.15) is 0 Å². The van der Waals surface area contributed by atoms with Crippen LogP contribution in [0.4, 0.5) is 19.0 Å². The number of hydrogen-bond acceptors (Lipinski definition) is 6. The van der Waals surface area contributed by atoms with Crippen molar-refractivity contribution in [2.24, 2.45) is 5.41 Å². The van der Waals surface area contributed by atoms with Crippen molar-refractivity contribution in [3.05, 3.63) is 40.2 Å². The van der Waals surface area contributed by atoms with E-state index in [2.05, 4.69) is 21.2 Å². The van der Waals surface area contributed by atoms with Gasteiger partial charge in [-0.2, -0.15) is 29.6 Å². The molecule has 4 rings (SSSR count). The molecular weight excluding hydrogens is 433 g/mol. The summed E-state index contributed by atoms with van der Waals surface area (Å²) in [6.45, 7) is 5.74. The molecule has 2 aliphatic heterocycles. The molecule has 2 aromatic rings. The molecule has 0 radical (unpaired) electrons. The first-order valence-electron chi connectivity index (χ1n) is 9.77. The summed E-state index contributed by atoms with van der Waals surface area (Å²) in [7, 11) is 0. The van der Waals surface area contributed by atoms with Crippen LogP contribution in [0.25, 0.3) is 0 Å². The quantitative estimate of drug-likeness (QED) is 0.743. The molecule has 1 N–H and O–H groups in total. The minimum atomic E-state index is -5.08. The lowest BCUT2D eigenvalue weighted by atomic mass is 9.78. The number of aliphatic carboxylic acids is 1. The Morgan fingerprint density at radius 3 is 2.26 bits per heavy atom. The summed E-state index contributed by atoms with van der Waals surface area (Å²) in [4.78, 5) is 25.8. The van der Waals surface area contributed by atoms with E-state index in [9.17, 15) is 18.0 Å². The molecule has 0 bridgehead atoms. The predicted octanol–water partition coefficient (Wildman–Crippen LogP) is 3.61. The van der Waals surface area contributed by atoms with Crippen LogP contribution in [0.2, 0.25) is 0 Å². The average molecular weight is 456 g/mol. The van der Waals surface area contributed by atoms with Gasteiger partial charge in [0, 0.05) is 31.6 Å². The van der Waals surface area contributed by atoms with Crippen LogP contribution in [0.3, 0.4) is 0 Å². The number of aromatic nitrogens is 2. The minimum absolute atomic E-state index is 0.194. The van der Waals surface area contributed by atoms with Gasteiger partial charge in [-0.25, -0.2) is 4.79 Å². The van der Waals surface area contributed by atoms with Gasteiger partial charge in [-0.3, -0.25) is 4.79 Å². The maximum atomic E-state index is 12.6. The fraction of sp³-hybridized carbons (Fsp3) is 0.500. The van der Waals surface area contributed by atoms with E-state index in [1.54, 1.807) is 11.3 Å². The molecule has 7 nitrogen and oxygen atoms in total. The number of likely N-dealkylation sites (tertiary alicyclic amines) is 1. The molecule has 0 aromatic carbocycles. The van der Waals surface area contributed by atoms with E-state index in [1.807, 2.05) is 34.7 Å². The first-order valence-corrected chi connectivity index (χ1v) is 10.7. The number of piperidine rings is 1. The molecule has 1 spiro atoms. The number of carbonyl (C=O) groups is 2. The van der Waals surface area contributed by atoms with Crippen molar-refractivity contribution in [3.63, 3.8) is 0 Å². The maximum absolute atomic E-state index is 12.6. The molecule has 11 heteroatoms. The summed E-state index contributed by atoms with van der Waals surface area (Å²) in [5.41, 5.74) is 2.08. The number of anilines is 1. The first kappa shape index (κ1) is 23.0. The SMILES string of the molecule is Cc1ccc(N2CCC3(CCN(C(=O)c4ccsc4)C3)CC2)nn1.O=C(O)C(F)(F)F. The number of carboxylic acid groups (broad SMARTS) is 1. The Bertz CT molecular complexity index is 895. The van der Waals surface area contributed by atoms with Gasteiger partial charge in [0.15, 0.2) is 5.82 Å². The lowest BCUT2D eigenvalue weighted by Crippen LogP contribution is -2.42. The molecule has 4 heterocycles. The van der Waals surface area contributed by atoms with E-state index >= 15 is 0 Å². The van der Waals surface area contributed by atoms with E-state index in [-0.39, 0.29) is 5.91 Å². The standard InChI is InChI=1S/C18H22N4OS.C2HF3O2/c1-14-2-3-16(20-19-14)21-8-5-18(6-9-21)7-10-22(13-18)17(23)15-4-11-24-12-15;3-2(4,5)1(6)7/h2-4,11-12H,5-10,13H2,1H3;(H,6,7). The molecule has 168 valence electrons. The second-order valence-electron chi connectivity index (χ2n) is 7.81. The molecule has 31 heavy (non-hydrogen) atoms. The topological polar surface area (TPSA) is 86.6 Å². The zero-order valence-corrected chi connectivity index (χ0v) is 17.7. The predicted molar refractivity (Wildman–Crippen MR) is 109 cm³/mol. The molecule has 1 amide bonds. The maximum Gasteiger partial charge on any atom is 0.490 e. The third-order valence-electron chi connectivity index (χ3n) is 5.67. The highest BCUT2D eigenvalue weighted by Gasteiger charge is 2.42. The summed E-state index contributed by atoms with van der Waals surface area (Å²) in [6.07, 6.45) is -1.72. The number of alkyl halides is 3. The third-order valence-corrected chi connectivity index (χ3v) is 6.35. The van der Waals surface area contributed by atoms with Crippen molar-refractivity contribution in [1.82, 2.24) is 15.1 Å². The summed E-state index contributed by atoms with van der Waals surface area (Å²) < 4.78 is 31.7. The highest BCUT2D eigenvalue weighted by Crippen LogP contribution is 2.41. The smallest absolute Gasteiger partial charge is 0.475 e. The Morgan fingerprint density at radius 1 is 1.10 bits per heavy atom. The van der Waals surface area contributed by atoms with Gasteiger partial charge in [-0.15, -0.1) is 5.10 Å². The Morgan fingerprint density at radius 2 is 1.74 bits per heavy atom. The molecule has 2 aromatic heterocycles. The van der Waals surface area contributed by atoms with Gasteiger partial charge in [-0.1, -0.05) is 0 Å². The molecule has 2 aliphatic rings. The largest absolute Gasteiger partial charge is 0.490 e. The lowest BCUT2D eigenvalue weighted by Gasteiger charge is -2.39. The minimum Gasteiger partial charge on any atom is -0.475 e. The van der Waals surface area contributed by atoms with Gasteiger partial charge >= 0.3 is 12.1 Å². The van der Waals surface area contributed by atoms with E-state index in [0.29, 0.717) is 5.41 Å². The molecule has 2 fully saturated rings. The summed E-state index contributed by atoms with van der Waals surface area (Å²) >= 11 is 1.59. The highest BCUT2D eigenvalue weighted by atomic mass is 32.1. The molecule has 2 saturated heterocycles. The van der Waals surface area contributed by atoms with Gasteiger partial charge in [0.2, 0.25) is 0 Å². The number of halogens is 3. The van der Waals surface area contributed by atoms with Crippen LogP contribution in [0.15, 0.2) is 29.0 Å². The number of nitrogens with zero attached hydrogens (tertiary/aromatic N) is 4. The second kappa shape index (κ2) is 9.21. The molecule has 0 aliphatic carbocycles. The van der Waals surface area contributed by atoms with Crippen LogP contribution >= 0.6 is 11.3 Å². The van der Waals surface area contributed by atoms with Gasteiger partial charge in [-0.05, 0) is 55.2 Å². The van der Waals surface area contributed by atoms with E-state index < -0.39 is 12.1 Å². The molecule has 0 atom stereocenters. The fourth-order valence-electron chi connectivity index (χ4n) is 3.86. The van der Waals surface area contributed by atoms with E-state index in [4.69, 9.17) is 9.90 Å². The third kappa shape index (κ3) is 5.72. The normalized spacial score (nSPS) is 17.9. The second-order valence-corrected chi connectivity index (χ2v) is 8.59. The highest BCUT2D eigenvalue weighted by molar-refractivity contribution is 7.08. The van der Waals surface area contributed by atoms with Crippen LogP contribution in [0.5, 0.6) is 0 Å².